The van der Waals surface area contributed by atoms with Gasteiger partial charge in [0.05, 0.1) is 17.4 Å². The largest absolute Gasteiger partial charge is 0.379 e. The molecule has 1 aliphatic heterocycles. The van der Waals surface area contributed by atoms with Crippen LogP contribution in [-0.4, -0.2) is 40.0 Å². The summed E-state index contributed by atoms with van der Waals surface area (Å²) in [5.74, 6) is 0.280. The smallest absolute Gasteiger partial charge is 0.274 e. The number of pyridine rings is 2. The Labute approximate surface area is 160 Å². The molecule has 0 fully saturated rings. The zero-order valence-electron chi connectivity index (χ0n) is 14.8. The van der Waals surface area contributed by atoms with Gasteiger partial charge in [-0.05, 0) is 31.2 Å². The number of anilines is 1. The third-order valence-electron chi connectivity index (χ3n) is 4.30. The van der Waals surface area contributed by atoms with Crippen LogP contribution in [0.2, 0.25) is 0 Å². The van der Waals surface area contributed by atoms with E-state index in [0.717, 1.165) is 0 Å². The number of carbonyl (C=O) groups excluding carboxylic acids is 1. The molecular weight excluding hydrogens is 364 g/mol. The van der Waals surface area contributed by atoms with Crippen molar-refractivity contribution in [2.75, 3.05) is 18.2 Å². The number of nitriles is 1. The number of hydrogen-bond acceptors (Lipinski definition) is 8. The van der Waals surface area contributed by atoms with E-state index in [1.807, 2.05) is 13.0 Å². The molecule has 9 heteroatoms. The van der Waals surface area contributed by atoms with Gasteiger partial charge in [-0.15, -0.1) is 0 Å². The monoisotopic (exact) mass is 382 g/mol. The van der Waals surface area contributed by atoms with Gasteiger partial charge >= 0.3 is 0 Å². The van der Waals surface area contributed by atoms with Crippen LogP contribution in [0.3, 0.4) is 0 Å². The summed E-state index contributed by atoms with van der Waals surface area (Å²) >= 11 is 1.44. The van der Waals surface area contributed by atoms with Crippen molar-refractivity contribution < 1.29 is 9.53 Å². The molecule has 1 unspecified atom stereocenters. The Bertz CT molecular complexity index is 924. The lowest BCUT2D eigenvalue weighted by molar-refractivity contribution is 0.0576. The van der Waals surface area contributed by atoms with Crippen molar-refractivity contribution in [1.82, 2.24) is 9.97 Å². The van der Waals surface area contributed by atoms with Crippen molar-refractivity contribution in [3.63, 3.8) is 0 Å². The van der Waals surface area contributed by atoms with Crippen molar-refractivity contribution >= 4 is 28.5 Å². The summed E-state index contributed by atoms with van der Waals surface area (Å²) in [6.07, 6.45) is 2.75. The molecule has 27 heavy (non-hydrogen) atoms. The van der Waals surface area contributed by atoms with Crippen LogP contribution in [0.1, 0.15) is 28.7 Å². The van der Waals surface area contributed by atoms with Gasteiger partial charge in [0, 0.05) is 30.9 Å². The maximum Gasteiger partial charge on any atom is 0.274 e. The Balaban J connectivity index is 1.86. The zero-order chi connectivity index (χ0) is 19.4. The number of aliphatic imine (C=N–C) groups is 1. The number of hydrogen-bond donors (Lipinski definition) is 2. The Morgan fingerprint density at radius 2 is 2.26 bits per heavy atom. The Hall–Kier alpha value is -2.96. The number of nitrogens with one attached hydrogen (secondary N) is 1. The van der Waals surface area contributed by atoms with E-state index >= 15 is 0 Å². The molecule has 1 aliphatic rings. The highest BCUT2D eigenvalue weighted by Crippen LogP contribution is 2.36. The number of carbonyl (C=O) groups is 1. The Morgan fingerprint density at radius 1 is 1.44 bits per heavy atom. The Kier molecular flexibility index (Phi) is 5.39. The van der Waals surface area contributed by atoms with Gasteiger partial charge in [0.1, 0.15) is 17.3 Å². The van der Waals surface area contributed by atoms with Gasteiger partial charge < -0.3 is 15.8 Å². The third-order valence-corrected chi connectivity index (χ3v) is 5.15. The normalized spacial score (nSPS) is 21.8. The summed E-state index contributed by atoms with van der Waals surface area (Å²) in [6, 6.07) is 8.44. The van der Waals surface area contributed by atoms with Crippen LogP contribution in [0.5, 0.6) is 0 Å². The van der Waals surface area contributed by atoms with Crippen molar-refractivity contribution in [1.29, 1.82) is 5.26 Å². The first-order valence-electron chi connectivity index (χ1n) is 8.11. The van der Waals surface area contributed by atoms with Crippen molar-refractivity contribution in [3.05, 3.63) is 53.6 Å². The van der Waals surface area contributed by atoms with Gasteiger partial charge in [-0.2, -0.15) is 5.26 Å². The van der Waals surface area contributed by atoms with E-state index in [9.17, 15) is 4.79 Å². The minimum absolute atomic E-state index is 0.201. The first-order valence-corrected chi connectivity index (χ1v) is 9.10. The van der Waals surface area contributed by atoms with Crippen LogP contribution in [0, 0.1) is 11.3 Å². The lowest BCUT2D eigenvalue weighted by atomic mass is 9.91. The molecule has 2 atom stereocenters. The second-order valence-corrected chi connectivity index (χ2v) is 7.10. The lowest BCUT2D eigenvalue weighted by Gasteiger charge is -2.36. The van der Waals surface area contributed by atoms with Crippen LogP contribution in [0.15, 0.2) is 41.7 Å². The van der Waals surface area contributed by atoms with Gasteiger partial charge in [-0.3, -0.25) is 9.78 Å². The zero-order valence-corrected chi connectivity index (χ0v) is 15.7. The van der Waals surface area contributed by atoms with Crippen LogP contribution in [0.4, 0.5) is 5.69 Å². The molecule has 0 saturated heterocycles. The number of methoxy groups -OCH3 is 1. The van der Waals surface area contributed by atoms with E-state index in [2.05, 4.69) is 20.3 Å². The molecular formula is C18H18N6O2S. The molecule has 8 nitrogen and oxygen atoms in total. The van der Waals surface area contributed by atoms with E-state index in [1.54, 1.807) is 31.5 Å². The van der Waals surface area contributed by atoms with Crippen molar-refractivity contribution in [3.8, 4) is 6.07 Å². The summed E-state index contributed by atoms with van der Waals surface area (Å²) in [6.45, 7) is 1.91. The summed E-state index contributed by atoms with van der Waals surface area (Å²) in [5.41, 5.74) is 6.96. The fraction of sp³-hybridized carbons (Fsp3) is 0.278. The number of nitrogens with zero attached hydrogens (tertiary/aromatic N) is 4. The summed E-state index contributed by atoms with van der Waals surface area (Å²) < 4.78 is 5.57. The van der Waals surface area contributed by atoms with Gasteiger partial charge in [-0.25, -0.2) is 9.98 Å². The molecule has 1 amide bonds. The predicted octanol–water partition coefficient (Wildman–Crippen LogP) is 1.89. The van der Waals surface area contributed by atoms with E-state index in [-0.39, 0.29) is 17.7 Å². The fourth-order valence-electron chi connectivity index (χ4n) is 2.75. The van der Waals surface area contributed by atoms with Crippen LogP contribution >= 0.6 is 11.8 Å². The molecule has 0 saturated carbocycles. The van der Waals surface area contributed by atoms with E-state index in [0.29, 0.717) is 27.9 Å². The molecule has 0 aromatic carbocycles. The lowest BCUT2D eigenvalue weighted by Crippen LogP contribution is -2.43. The minimum atomic E-state index is -0.752. The number of ether oxygens (including phenoxy) is 1. The van der Waals surface area contributed by atoms with E-state index in [1.165, 1.54) is 24.0 Å². The van der Waals surface area contributed by atoms with Crippen molar-refractivity contribution in [2.24, 2.45) is 10.7 Å². The molecule has 0 spiro atoms. The van der Waals surface area contributed by atoms with Gasteiger partial charge in [-0.1, -0.05) is 11.8 Å². The second-order valence-electron chi connectivity index (χ2n) is 6.06. The molecule has 0 aliphatic carbocycles. The highest BCUT2D eigenvalue weighted by Gasteiger charge is 2.40. The fourth-order valence-corrected chi connectivity index (χ4v) is 3.79. The number of amides is 1. The second kappa shape index (κ2) is 7.73. The Morgan fingerprint density at radius 3 is 2.93 bits per heavy atom. The molecule has 138 valence electrons. The number of nitrogens with two attached hydrogens (primary N) is 1. The maximum atomic E-state index is 12.4. The predicted molar refractivity (Wildman–Crippen MR) is 103 cm³/mol. The van der Waals surface area contributed by atoms with Gasteiger partial charge in [0.25, 0.3) is 5.91 Å². The van der Waals surface area contributed by atoms with Crippen LogP contribution in [0.25, 0.3) is 0 Å². The first-order chi connectivity index (χ1) is 13.0. The summed E-state index contributed by atoms with van der Waals surface area (Å²) in [5, 5.41) is 12.1. The molecule has 2 aromatic heterocycles. The molecule has 0 radical (unpaired) electrons. The topological polar surface area (TPSA) is 126 Å². The minimum Gasteiger partial charge on any atom is -0.379 e. The van der Waals surface area contributed by atoms with Crippen LogP contribution < -0.4 is 11.1 Å². The molecule has 2 aromatic rings. The van der Waals surface area contributed by atoms with Gasteiger partial charge in [0.2, 0.25) is 0 Å². The van der Waals surface area contributed by atoms with E-state index < -0.39 is 5.54 Å². The molecule has 3 N–H and O–H groups in total. The highest BCUT2D eigenvalue weighted by atomic mass is 32.2. The number of thioether (sulfide) groups is 1. The average Bonchev–Trinajstić information content (AvgIpc) is 2.68. The quantitative estimate of drug-likeness (QED) is 0.827. The number of aromatic nitrogens is 2. The maximum absolute atomic E-state index is 12.4. The summed E-state index contributed by atoms with van der Waals surface area (Å²) in [7, 11) is 1.63. The highest BCUT2D eigenvalue weighted by molar-refractivity contribution is 8.13. The summed E-state index contributed by atoms with van der Waals surface area (Å²) in [4.78, 5) is 25.4. The number of rotatable bonds is 4. The first kappa shape index (κ1) is 18.8. The van der Waals surface area contributed by atoms with E-state index in [4.69, 9.17) is 15.7 Å². The third kappa shape index (κ3) is 3.92. The van der Waals surface area contributed by atoms with Crippen molar-refractivity contribution in [2.45, 2.75) is 18.6 Å². The SMILES string of the molecule is COC1CSC(N)=N[C@]1(C)c1cc(NC(=O)c2ccc(C#N)cn2)ccn1. The average molecular weight is 382 g/mol. The molecule has 3 rings (SSSR count). The molecule has 3 heterocycles. The van der Waals surface area contributed by atoms with Gasteiger partial charge in [0.15, 0.2) is 5.17 Å². The standard InChI is InChI=1S/C18H18N6O2S/c1-18(15(26-2)10-27-17(20)24-18)14-7-12(5-6-21-14)23-16(25)13-4-3-11(8-19)9-22-13/h3-7,9,15H,10H2,1-2H3,(H2,20,24)(H,21,23,25)/t15?,18-/m1/s1. The number of amidine groups is 1. The van der Waals surface area contributed by atoms with Crippen LogP contribution in [-0.2, 0) is 10.3 Å². The molecule has 0 bridgehead atoms.